The first kappa shape index (κ1) is 12.7. The molecule has 1 fully saturated rings. The summed E-state index contributed by atoms with van der Waals surface area (Å²) in [6, 6.07) is 0.295. The van der Waals surface area contributed by atoms with Crippen molar-refractivity contribution in [1.29, 1.82) is 0 Å². The number of hydrogen-bond donors (Lipinski definition) is 1. The van der Waals surface area contributed by atoms with Crippen LogP contribution in [0.4, 0.5) is 0 Å². The summed E-state index contributed by atoms with van der Waals surface area (Å²) in [6.45, 7) is 11.3. The third-order valence-corrected chi connectivity index (χ3v) is 9.43. The molecule has 15 heavy (non-hydrogen) atoms. The minimum absolute atomic E-state index is 0.184. The van der Waals surface area contributed by atoms with Crippen molar-refractivity contribution in [3.63, 3.8) is 0 Å². The van der Waals surface area contributed by atoms with Gasteiger partial charge in [0, 0.05) is 19.1 Å². The van der Waals surface area contributed by atoms with Crippen LogP contribution >= 0.6 is 0 Å². The predicted octanol–water partition coefficient (Wildman–Crippen LogP) is 1.97. The van der Waals surface area contributed by atoms with Crippen LogP contribution in [-0.2, 0) is 4.79 Å². The van der Waals surface area contributed by atoms with Crippen LogP contribution in [0.25, 0.3) is 0 Å². The zero-order valence-electron chi connectivity index (χ0n) is 10.5. The number of carbonyl (C=O) groups is 1. The molecule has 1 amide bonds. The van der Waals surface area contributed by atoms with Gasteiger partial charge in [-0.15, -0.1) is 0 Å². The average Bonchev–Trinajstić information content (AvgIpc) is 2.00. The van der Waals surface area contributed by atoms with Crippen molar-refractivity contribution in [3.05, 3.63) is 0 Å². The molecule has 0 aromatic rings. The average molecular weight is 229 g/mol. The number of carbonyl (C=O) groups excluding carboxylic acids is 1. The Hall–Kier alpha value is -0.353. The van der Waals surface area contributed by atoms with Crippen molar-refractivity contribution in [1.82, 2.24) is 4.57 Å². The van der Waals surface area contributed by atoms with Crippen LogP contribution in [0.2, 0.25) is 18.1 Å². The second-order valence-corrected chi connectivity index (χ2v) is 11.0. The maximum atomic E-state index is 11.7. The van der Waals surface area contributed by atoms with E-state index in [2.05, 4.69) is 38.4 Å². The van der Waals surface area contributed by atoms with E-state index in [-0.39, 0.29) is 17.6 Å². The minimum Gasteiger partial charge on any atom is -0.396 e. The van der Waals surface area contributed by atoms with E-state index in [4.69, 9.17) is 5.11 Å². The first-order valence-corrected chi connectivity index (χ1v) is 8.59. The summed E-state index contributed by atoms with van der Waals surface area (Å²) in [4.78, 5) is 11.7. The highest BCUT2D eigenvalue weighted by Crippen LogP contribution is 2.43. The summed E-state index contributed by atoms with van der Waals surface area (Å²) in [5, 5.41) is 9.14. The fourth-order valence-corrected chi connectivity index (χ4v) is 4.56. The molecule has 1 saturated heterocycles. The minimum atomic E-state index is -1.71. The molecule has 1 rings (SSSR count). The zero-order chi connectivity index (χ0) is 11.9. The van der Waals surface area contributed by atoms with Gasteiger partial charge in [-0.25, -0.2) is 0 Å². The van der Waals surface area contributed by atoms with Gasteiger partial charge < -0.3 is 9.67 Å². The Balaban J connectivity index is 2.81. The first-order chi connectivity index (χ1) is 6.71. The van der Waals surface area contributed by atoms with Crippen LogP contribution in [0.5, 0.6) is 0 Å². The Kier molecular flexibility index (Phi) is 3.31. The molecular weight excluding hydrogens is 206 g/mol. The molecule has 0 unspecified atom stereocenters. The summed E-state index contributed by atoms with van der Waals surface area (Å²) in [7, 11) is -1.71. The monoisotopic (exact) mass is 229 g/mol. The highest BCUT2D eigenvalue weighted by atomic mass is 28.3. The lowest BCUT2D eigenvalue weighted by Gasteiger charge is -2.55. The molecule has 0 radical (unpaired) electrons. The van der Waals surface area contributed by atoms with Crippen molar-refractivity contribution < 1.29 is 9.90 Å². The van der Waals surface area contributed by atoms with Gasteiger partial charge >= 0.3 is 0 Å². The Morgan fingerprint density at radius 3 is 2.33 bits per heavy atom. The molecule has 1 aliphatic rings. The molecule has 0 spiro atoms. The van der Waals surface area contributed by atoms with Crippen LogP contribution in [0, 0.1) is 0 Å². The fraction of sp³-hybridized carbons (Fsp3) is 0.909. The Bertz CT molecular complexity index is 258. The van der Waals surface area contributed by atoms with Gasteiger partial charge in [0.2, 0.25) is 5.91 Å². The van der Waals surface area contributed by atoms with Crippen LogP contribution in [0.1, 0.15) is 33.6 Å². The second-order valence-electron chi connectivity index (χ2n) is 5.94. The predicted molar refractivity (Wildman–Crippen MR) is 64.2 cm³/mol. The van der Waals surface area contributed by atoms with E-state index < -0.39 is 8.24 Å². The zero-order valence-corrected chi connectivity index (χ0v) is 11.5. The molecule has 1 atom stereocenters. The van der Waals surface area contributed by atoms with Crippen LogP contribution in [0.15, 0.2) is 0 Å². The van der Waals surface area contributed by atoms with E-state index in [0.29, 0.717) is 12.5 Å². The van der Waals surface area contributed by atoms with E-state index >= 15 is 0 Å². The van der Waals surface area contributed by atoms with E-state index in [1.54, 1.807) is 0 Å². The molecule has 0 saturated carbocycles. The molecule has 0 aliphatic carbocycles. The molecule has 4 heteroatoms. The summed E-state index contributed by atoms with van der Waals surface area (Å²) in [5.41, 5.74) is 0. The van der Waals surface area contributed by atoms with Crippen LogP contribution < -0.4 is 0 Å². The third-order valence-electron chi connectivity index (χ3n) is 3.94. The lowest BCUT2D eigenvalue weighted by Crippen LogP contribution is -2.68. The standard InChI is InChI=1S/C11H23NO2Si/c1-11(2,3)15(4,5)12-9(6-7-13)8-10(12)14/h9,13H,6-8H2,1-5H3/t9-/m0/s1. The van der Waals surface area contributed by atoms with Crippen LogP contribution in [-0.4, -0.2) is 36.5 Å². The van der Waals surface area contributed by atoms with Gasteiger partial charge in [-0.05, 0) is 11.5 Å². The lowest BCUT2D eigenvalue weighted by molar-refractivity contribution is -0.139. The highest BCUT2D eigenvalue weighted by Gasteiger charge is 2.51. The van der Waals surface area contributed by atoms with Crippen molar-refractivity contribution in [3.8, 4) is 0 Å². The summed E-state index contributed by atoms with van der Waals surface area (Å²) < 4.78 is 2.09. The Morgan fingerprint density at radius 1 is 1.47 bits per heavy atom. The number of aliphatic hydroxyl groups is 1. The van der Waals surface area contributed by atoms with Crippen LogP contribution in [0.3, 0.4) is 0 Å². The number of nitrogens with zero attached hydrogens (tertiary/aromatic N) is 1. The van der Waals surface area contributed by atoms with Crippen molar-refractivity contribution in [2.45, 2.75) is 57.8 Å². The molecule has 1 N–H and O–H groups in total. The number of β-lactam (4-membered cyclic amide) rings is 1. The molecular formula is C11H23NO2Si. The largest absolute Gasteiger partial charge is 0.396 e. The maximum Gasteiger partial charge on any atom is 0.216 e. The van der Waals surface area contributed by atoms with Gasteiger partial charge in [-0.1, -0.05) is 33.9 Å². The molecule has 0 aromatic carbocycles. The van der Waals surface area contributed by atoms with E-state index in [1.165, 1.54) is 0 Å². The number of hydrogen-bond acceptors (Lipinski definition) is 2. The van der Waals surface area contributed by atoms with E-state index in [1.807, 2.05) is 0 Å². The molecule has 1 heterocycles. The van der Waals surface area contributed by atoms with Gasteiger partial charge in [0.15, 0.2) is 8.24 Å². The summed E-state index contributed by atoms with van der Waals surface area (Å²) in [5.74, 6) is 0.278. The summed E-state index contributed by atoms with van der Waals surface area (Å²) in [6.07, 6.45) is 1.37. The second kappa shape index (κ2) is 3.90. The SMILES string of the molecule is CC(C)(C)[Si](C)(C)N1C(=O)C[C@@H]1CCO. The normalized spacial score (nSPS) is 22.9. The number of amides is 1. The maximum absolute atomic E-state index is 11.7. The lowest BCUT2D eigenvalue weighted by atomic mass is 10.0. The molecule has 0 bridgehead atoms. The summed E-state index contributed by atoms with van der Waals surface area (Å²) >= 11 is 0. The number of aliphatic hydroxyl groups excluding tert-OH is 1. The Labute approximate surface area is 93.6 Å². The first-order valence-electron chi connectivity index (χ1n) is 5.65. The van der Waals surface area contributed by atoms with Crippen molar-refractivity contribution in [2.24, 2.45) is 0 Å². The van der Waals surface area contributed by atoms with Gasteiger partial charge in [0.05, 0.1) is 0 Å². The smallest absolute Gasteiger partial charge is 0.216 e. The van der Waals surface area contributed by atoms with Crippen molar-refractivity contribution in [2.75, 3.05) is 6.61 Å². The van der Waals surface area contributed by atoms with Gasteiger partial charge in [0.25, 0.3) is 0 Å². The molecule has 3 nitrogen and oxygen atoms in total. The molecule has 0 aromatic heterocycles. The Morgan fingerprint density at radius 2 is 2.00 bits per heavy atom. The molecule has 1 aliphatic heterocycles. The van der Waals surface area contributed by atoms with Gasteiger partial charge in [-0.2, -0.15) is 0 Å². The van der Waals surface area contributed by atoms with Gasteiger partial charge in [0.1, 0.15) is 0 Å². The third kappa shape index (κ3) is 2.11. The highest BCUT2D eigenvalue weighted by molar-refractivity contribution is 6.79. The topological polar surface area (TPSA) is 40.5 Å². The van der Waals surface area contributed by atoms with Crippen molar-refractivity contribution >= 4 is 14.1 Å². The number of rotatable bonds is 3. The quantitative estimate of drug-likeness (QED) is 0.594. The van der Waals surface area contributed by atoms with E-state index in [0.717, 1.165) is 6.42 Å². The molecule has 88 valence electrons. The van der Waals surface area contributed by atoms with Gasteiger partial charge in [-0.3, -0.25) is 4.79 Å². The fourth-order valence-electron chi connectivity index (χ4n) is 1.99. The van der Waals surface area contributed by atoms with E-state index in [9.17, 15) is 4.79 Å².